The molecule has 0 bridgehead atoms. The molecule has 0 amide bonds. The first-order valence-electron chi connectivity index (χ1n) is 11.4. The minimum atomic E-state index is -5.01. The van der Waals surface area contributed by atoms with Gasteiger partial charge in [-0.05, 0) is 48.4 Å². The lowest BCUT2D eigenvalue weighted by Crippen LogP contribution is -2.26. The van der Waals surface area contributed by atoms with Gasteiger partial charge >= 0.3 is 12.1 Å². The van der Waals surface area contributed by atoms with Crippen LogP contribution in [-0.2, 0) is 15.7 Å². The highest BCUT2D eigenvalue weighted by atomic mass is 19.4. The lowest BCUT2D eigenvalue weighted by molar-refractivity contribution is -0.154. The van der Waals surface area contributed by atoms with E-state index in [0.717, 1.165) is 23.3 Å². The third-order valence-electron chi connectivity index (χ3n) is 5.41. The molecule has 0 saturated carbocycles. The van der Waals surface area contributed by atoms with Gasteiger partial charge in [-0.15, -0.1) is 0 Å². The molecule has 6 nitrogen and oxygen atoms in total. The predicted octanol–water partition coefficient (Wildman–Crippen LogP) is 6.87. The number of halogens is 3. The zero-order chi connectivity index (χ0) is 25.9. The van der Waals surface area contributed by atoms with Crippen LogP contribution < -0.4 is 14.9 Å². The largest absolute Gasteiger partial charge is 0.479 e. The number of hydrogen-bond acceptors (Lipinski definition) is 6. The molecule has 9 heteroatoms. The molecule has 188 valence electrons. The Kier molecular flexibility index (Phi) is 7.19. The molecule has 1 unspecified atom stereocenters. The van der Waals surface area contributed by atoms with Crippen LogP contribution >= 0.6 is 0 Å². The van der Waals surface area contributed by atoms with Crippen molar-refractivity contribution >= 4 is 27.7 Å². The van der Waals surface area contributed by atoms with Crippen molar-refractivity contribution < 1.29 is 36.6 Å². The fourth-order valence-electron chi connectivity index (χ4n) is 3.54. The molecule has 0 spiro atoms. The van der Waals surface area contributed by atoms with Crippen LogP contribution in [0.15, 0.2) is 69.9 Å². The van der Waals surface area contributed by atoms with Gasteiger partial charge in [-0.3, -0.25) is 4.79 Å². The number of unbranched alkanes of at least 4 members (excludes halogenated alkanes) is 1. The summed E-state index contributed by atoms with van der Waals surface area (Å²) in [5.74, 6) is -3.05. The number of carbonyl (C=O) groups is 1. The van der Waals surface area contributed by atoms with Gasteiger partial charge in [0.1, 0.15) is 17.1 Å². The molecule has 0 fully saturated rings. The Bertz CT molecular complexity index is 1460. The Morgan fingerprint density at radius 2 is 1.72 bits per heavy atom. The van der Waals surface area contributed by atoms with Gasteiger partial charge in [0.15, 0.2) is 6.10 Å². The van der Waals surface area contributed by atoms with Crippen LogP contribution in [0.1, 0.15) is 32.4 Å². The van der Waals surface area contributed by atoms with Crippen molar-refractivity contribution in [3.63, 3.8) is 0 Å². The maximum Gasteiger partial charge on any atom is 0.453 e. The maximum atomic E-state index is 13.9. The van der Waals surface area contributed by atoms with Gasteiger partial charge in [0.25, 0.3) is 5.76 Å². The summed E-state index contributed by atoms with van der Waals surface area (Å²) in [5.41, 5.74) is -1.35. The summed E-state index contributed by atoms with van der Waals surface area (Å²) in [6.45, 7) is 3.64. The molecule has 36 heavy (non-hydrogen) atoms. The fourth-order valence-corrected chi connectivity index (χ4v) is 3.54. The second-order valence-electron chi connectivity index (χ2n) is 8.14. The van der Waals surface area contributed by atoms with E-state index < -0.39 is 35.2 Å². The van der Waals surface area contributed by atoms with Crippen molar-refractivity contribution in [1.29, 1.82) is 0 Å². The minimum absolute atomic E-state index is 0.0434. The average molecular weight is 500 g/mol. The highest BCUT2D eigenvalue weighted by Gasteiger charge is 2.40. The maximum absolute atomic E-state index is 13.9. The minimum Gasteiger partial charge on any atom is -0.479 e. The monoisotopic (exact) mass is 500 g/mol. The zero-order valence-corrected chi connectivity index (χ0v) is 19.6. The van der Waals surface area contributed by atoms with Crippen LogP contribution in [0.5, 0.6) is 17.2 Å². The molecule has 1 aromatic heterocycles. The van der Waals surface area contributed by atoms with Crippen LogP contribution in [0, 0.1) is 0 Å². The van der Waals surface area contributed by atoms with Crippen LogP contribution in [0.25, 0.3) is 21.7 Å². The van der Waals surface area contributed by atoms with Crippen LogP contribution in [0.4, 0.5) is 13.2 Å². The van der Waals surface area contributed by atoms with Gasteiger partial charge in [-0.2, -0.15) is 13.2 Å². The van der Waals surface area contributed by atoms with Crippen molar-refractivity contribution in [2.45, 2.75) is 39.0 Å². The zero-order valence-electron chi connectivity index (χ0n) is 19.6. The lowest BCUT2D eigenvalue weighted by Gasteiger charge is -2.16. The molecule has 0 saturated heterocycles. The van der Waals surface area contributed by atoms with Crippen molar-refractivity contribution in [2.75, 3.05) is 6.61 Å². The Morgan fingerprint density at radius 3 is 2.44 bits per heavy atom. The molecule has 4 rings (SSSR count). The molecule has 0 aliphatic heterocycles. The Morgan fingerprint density at radius 1 is 1.00 bits per heavy atom. The smallest absolute Gasteiger partial charge is 0.453 e. The summed E-state index contributed by atoms with van der Waals surface area (Å²) in [6, 6.07) is 15.7. The third-order valence-corrected chi connectivity index (χ3v) is 5.41. The highest BCUT2D eigenvalue weighted by molar-refractivity contribution is 5.84. The van der Waals surface area contributed by atoms with Gasteiger partial charge in [0, 0.05) is 6.07 Å². The molecular weight excluding hydrogens is 477 g/mol. The number of hydrogen-bond donors (Lipinski definition) is 0. The molecule has 0 aliphatic carbocycles. The van der Waals surface area contributed by atoms with Gasteiger partial charge in [-0.1, -0.05) is 43.7 Å². The first kappa shape index (κ1) is 25.1. The van der Waals surface area contributed by atoms with Crippen LogP contribution in [0.3, 0.4) is 0 Å². The normalized spacial score (nSPS) is 12.5. The summed E-state index contributed by atoms with van der Waals surface area (Å²) in [6.07, 6.45) is -4.47. The number of fused-ring (bicyclic) bond motifs is 2. The molecule has 3 aromatic carbocycles. The number of benzene rings is 3. The molecule has 4 aromatic rings. The van der Waals surface area contributed by atoms with Crippen molar-refractivity contribution in [2.24, 2.45) is 0 Å². The van der Waals surface area contributed by atoms with E-state index in [1.165, 1.54) is 31.2 Å². The second-order valence-corrected chi connectivity index (χ2v) is 8.14. The number of carbonyl (C=O) groups excluding carboxylic acids is 1. The molecule has 1 atom stereocenters. The molecule has 1 heterocycles. The van der Waals surface area contributed by atoms with Crippen LogP contribution in [0.2, 0.25) is 0 Å². The van der Waals surface area contributed by atoms with E-state index in [1.807, 2.05) is 19.1 Å². The van der Waals surface area contributed by atoms with E-state index in [2.05, 4.69) is 0 Å². The Balaban J connectivity index is 1.68. The van der Waals surface area contributed by atoms with Crippen molar-refractivity contribution in [3.8, 4) is 17.2 Å². The molecule has 0 N–H and O–H groups in total. The van der Waals surface area contributed by atoms with Crippen molar-refractivity contribution in [1.82, 2.24) is 0 Å². The van der Waals surface area contributed by atoms with Crippen LogP contribution in [-0.4, -0.2) is 18.7 Å². The molecule has 0 radical (unpaired) electrons. The first-order valence-corrected chi connectivity index (χ1v) is 11.4. The summed E-state index contributed by atoms with van der Waals surface area (Å²) in [4.78, 5) is 25.1. The van der Waals surface area contributed by atoms with E-state index in [-0.39, 0.29) is 29.1 Å². The van der Waals surface area contributed by atoms with Gasteiger partial charge < -0.3 is 18.6 Å². The van der Waals surface area contributed by atoms with Crippen molar-refractivity contribution in [3.05, 3.63) is 76.6 Å². The number of ether oxygens (including phenoxy) is 3. The Labute approximate surface area is 204 Å². The topological polar surface area (TPSA) is 75.0 Å². The van der Waals surface area contributed by atoms with E-state index in [1.54, 1.807) is 18.2 Å². The van der Waals surface area contributed by atoms with Gasteiger partial charge in [0.2, 0.25) is 11.2 Å². The highest BCUT2D eigenvalue weighted by Crippen LogP contribution is 2.39. The molecule has 0 aliphatic rings. The van der Waals surface area contributed by atoms with E-state index in [9.17, 15) is 22.8 Å². The SMILES string of the molecule is CCCCOC(=O)C(C)Oc1ccc2c(=O)c(Oc3ccc4ccccc4c3)c(C(F)(F)F)oc2c1. The Hall–Kier alpha value is -4.01. The number of esters is 1. The first-order chi connectivity index (χ1) is 17.2. The second kappa shape index (κ2) is 10.3. The predicted molar refractivity (Wildman–Crippen MR) is 127 cm³/mol. The van der Waals surface area contributed by atoms with E-state index in [4.69, 9.17) is 18.6 Å². The summed E-state index contributed by atoms with van der Waals surface area (Å²) in [5, 5.41) is 1.46. The summed E-state index contributed by atoms with van der Waals surface area (Å²) >= 11 is 0. The standard InChI is InChI=1S/C27H23F3O6/c1-3-4-13-33-26(32)16(2)34-20-11-12-21-22(15-20)36-25(27(28,29)30)24(23(21)31)35-19-10-9-17-7-5-6-8-18(17)14-19/h5-12,14-16H,3-4,13H2,1-2H3. The third kappa shape index (κ3) is 5.45. The summed E-state index contributed by atoms with van der Waals surface area (Å²) < 4.78 is 62.7. The van der Waals surface area contributed by atoms with Gasteiger partial charge in [-0.25, -0.2) is 4.79 Å². The van der Waals surface area contributed by atoms with E-state index in [0.29, 0.717) is 6.42 Å². The fraction of sp³-hybridized carbons (Fsp3) is 0.259. The lowest BCUT2D eigenvalue weighted by atomic mass is 10.1. The average Bonchev–Trinajstić information content (AvgIpc) is 2.85. The molecular formula is C27H23F3O6. The number of rotatable bonds is 8. The van der Waals surface area contributed by atoms with E-state index >= 15 is 0 Å². The van der Waals surface area contributed by atoms with Gasteiger partial charge in [0.05, 0.1) is 12.0 Å². The number of alkyl halides is 3. The summed E-state index contributed by atoms with van der Waals surface area (Å²) in [7, 11) is 0. The quantitative estimate of drug-likeness (QED) is 0.194.